The second-order valence-electron chi connectivity index (χ2n) is 3.67. The third-order valence-corrected chi connectivity index (χ3v) is 3.62. The van der Waals surface area contributed by atoms with Crippen molar-refractivity contribution in [1.29, 1.82) is 0 Å². The third kappa shape index (κ3) is 3.29. The maximum absolute atomic E-state index is 11.7. The van der Waals surface area contributed by atoms with Crippen LogP contribution in [-0.2, 0) is 17.1 Å². The van der Waals surface area contributed by atoms with E-state index in [1.165, 1.54) is 11.6 Å². The molecule has 0 saturated carbocycles. The van der Waals surface area contributed by atoms with Crippen molar-refractivity contribution in [2.24, 2.45) is 7.05 Å². The van der Waals surface area contributed by atoms with Gasteiger partial charge in [0.2, 0.25) is 10.0 Å². The molecule has 0 aromatic carbocycles. The number of aryl methyl sites for hydroxylation is 1. The van der Waals surface area contributed by atoms with Crippen LogP contribution in [0.25, 0.3) is 0 Å². The van der Waals surface area contributed by atoms with Gasteiger partial charge in [-0.3, -0.25) is 0 Å². The molecule has 1 aromatic rings. The molecular weight excluding hydrogens is 264 g/mol. The SMILES string of the molecule is Cn1cc(S(=O)(=O)NCC(O)CO)cc1C(=O)O. The van der Waals surface area contributed by atoms with E-state index in [1.807, 2.05) is 0 Å². The van der Waals surface area contributed by atoms with E-state index in [-0.39, 0.29) is 17.1 Å². The Morgan fingerprint density at radius 2 is 2.17 bits per heavy atom. The fourth-order valence-electron chi connectivity index (χ4n) is 1.25. The van der Waals surface area contributed by atoms with Gasteiger partial charge in [-0.2, -0.15) is 0 Å². The van der Waals surface area contributed by atoms with E-state index in [4.69, 9.17) is 15.3 Å². The van der Waals surface area contributed by atoms with Crippen LogP contribution in [0.2, 0.25) is 0 Å². The van der Waals surface area contributed by atoms with Crippen molar-refractivity contribution in [3.63, 3.8) is 0 Å². The fraction of sp³-hybridized carbons (Fsp3) is 0.444. The molecule has 1 rings (SSSR count). The van der Waals surface area contributed by atoms with Gasteiger partial charge in [-0.15, -0.1) is 0 Å². The van der Waals surface area contributed by atoms with Crippen LogP contribution in [0, 0.1) is 0 Å². The maximum Gasteiger partial charge on any atom is 0.352 e. The molecule has 0 aliphatic rings. The molecule has 18 heavy (non-hydrogen) atoms. The Morgan fingerprint density at radius 1 is 1.56 bits per heavy atom. The molecule has 1 heterocycles. The predicted octanol–water partition coefficient (Wildman–Crippen LogP) is -1.65. The van der Waals surface area contributed by atoms with Crippen LogP contribution in [0.5, 0.6) is 0 Å². The molecule has 102 valence electrons. The lowest BCUT2D eigenvalue weighted by Gasteiger charge is -2.08. The van der Waals surface area contributed by atoms with Gasteiger partial charge in [0.25, 0.3) is 0 Å². The van der Waals surface area contributed by atoms with Crippen LogP contribution in [0.3, 0.4) is 0 Å². The molecule has 4 N–H and O–H groups in total. The molecular formula is C9H14N2O6S. The Bertz CT molecular complexity index is 535. The van der Waals surface area contributed by atoms with Crippen LogP contribution in [0.4, 0.5) is 0 Å². The van der Waals surface area contributed by atoms with Gasteiger partial charge in [0, 0.05) is 19.8 Å². The van der Waals surface area contributed by atoms with E-state index in [0.717, 1.165) is 12.3 Å². The number of sulfonamides is 1. The quantitative estimate of drug-likeness (QED) is 0.493. The highest BCUT2D eigenvalue weighted by Gasteiger charge is 2.20. The van der Waals surface area contributed by atoms with E-state index < -0.39 is 28.7 Å². The molecule has 0 fully saturated rings. The molecule has 0 aliphatic heterocycles. The van der Waals surface area contributed by atoms with Gasteiger partial charge in [-0.05, 0) is 6.07 Å². The standard InChI is InChI=1S/C9H14N2O6S/c1-11-4-7(2-8(11)9(14)15)18(16,17)10-3-6(13)5-12/h2,4,6,10,12-13H,3,5H2,1H3,(H,14,15). The van der Waals surface area contributed by atoms with Gasteiger partial charge in [0.05, 0.1) is 12.7 Å². The molecule has 8 nitrogen and oxygen atoms in total. The molecule has 0 bridgehead atoms. The van der Waals surface area contributed by atoms with Crippen LogP contribution in [-0.4, -0.2) is 53.5 Å². The van der Waals surface area contributed by atoms with Crippen molar-refractivity contribution in [3.05, 3.63) is 18.0 Å². The van der Waals surface area contributed by atoms with Crippen LogP contribution in [0.1, 0.15) is 10.5 Å². The van der Waals surface area contributed by atoms with Gasteiger partial charge < -0.3 is 19.9 Å². The number of carboxylic acids is 1. The number of hydrogen-bond acceptors (Lipinski definition) is 5. The van der Waals surface area contributed by atoms with Crippen molar-refractivity contribution in [2.45, 2.75) is 11.0 Å². The van der Waals surface area contributed by atoms with Crippen LogP contribution < -0.4 is 4.72 Å². The highest BCUT2D eigenvalue weighted by molar-refractivity contribution is 7.89. The number of aromatic carboxylic acids is 1. The van der Waals surface area contributed by atoms with Crippen molar-refractivity contribution >= 4 is 16.0 Å². The summed E-state index contributed by atoms with van der Waals surface area (Å²) in [5, 5.41) is 26.4. The first-order chi connectivity index (χ1) is 8.27. The number of rotatable bonds is 6. The number of carbonyl (C=O) groups is 1. The average molecular weight is 278 g/mol. The Balaban J connectivity index is 2.92. The van der Waals surface area contributed by atoms with E-state index in [1.54, 1.807) is 0 Å². The molecule has 0 radical (unpaired) electrons. The number of carboxylic acid groups (broad SMARTS) is 1. The van der Waals surface area contributed by atoms with Crippen LogP contribution in [0.15, 0.2) is 17.2 Å². The number of nitrogens with one attached hydrogen (secondary N) is 1. The molecule has 1 atom stereocenters. The summed E-state index contributed by atoms with van der Waals surface area (Å²) < 4.78 is 26.7. The first kappa shape index (κ1) is 14.6. The highest BCUT2D eigenvalue weighted by Crippen LogP contribution is 2.13. The predicted molar refractivity (Wildman–Crippen MR) is 60.7 cm³/mol. The molecule has 9 heteroatoms. The number of aliphatic hydroxyl groups is 2. The zero-order valence-electron chi connectivity index (χ0n) is 9.57. The lowest BCUT2D eigenvalue weighted by atomic mass is 10.4. The number of aliphatic hydroxyl groups excluding tert-OH is 2. The largest absolute Gasteiger partial charge is 0.477 e. The Morgan fingerprint density at radius 3 is 2.61 bits per heavy atom. The first-order valence-corrected chi connectivity index (χ1v) is 6.44. The zero-order valence-corrected chi connectivity index (χ0v) is 10.4. The summed E-state index contributed by atoms with van der Waals surface area (Å²) in [5.41, 5.74) is -0.168. The lowest BCUT2D eigenvalue weighted by Crippen LogP contribution is -2.33. The number of aromatic nitrogens is 1. The first-order valence-electron chi connectivity index (χ1n) is 4.96. The van der Waals surface area contributed by atoms with Gasteiger partial charge in [0.15, 0.2) is 0 Å². The Kier molecular flexibility index (Phi) is 4.46. The molecule has 0 aliphatic carbocycles. The molecule has 0 amide bonds. The van der Waals surface area contributed by atoms with E-state index >= 15 is 0 Å². The topological polar surface area (TPSA) is 129 Å². The lowest BCUT2D eigenvalue weighted by molar-refractivity contribution is 0.0686. The third-order valence-electron chi connectivity index (χ3n) is 2.23. The molecule has 0 saturated heterocycles. The van der Waals surface area contributed by atoms with Crippen molar-refractivity contribution in [2.75, 3.05) is 13.2 Å². The van der Waals surface area contributed by atoms with Crippen molar-refractivity contribution in [1.82, 2.24) is 9.29 Å². The zero-order chi connectivity index (χ0) is 13.9. The molecule has 1 unspecified atom stereocenters. The second kappa shape index (κ2) is 5.48. The smallest absolute Gasteiger partial charge is 0.352 e. The summed E-state index contributed by atoms with van der Waals surface area (Å²) in [6.45, 7) is -0.923. The molecule has 0 spiro atoms. The minimum atomic E-state index is -3.91. The van der Waals surface area contributed by atoms with Crippen molar-refractivity contribution in [3.8, 4) is 0 Å². The normalized spacial score (nSPS) is 13.5. The minimum absolute atomic E-state index is 0.168. The van der Waals surface area contributed by atoms with Crippen molar-refractivity contribution < 1.29 is 28.5 Å². The summed E-state index contributed by atoms with van der Waals surface area (Å²) in [6, 6.07) is 1.01. The summed E-state index contributed by atoms with van der Waals surface area (Å²) >= 11 is 0. The van der Waals surface area contributed by atoms with Crippen LogP contribution >= 0.6 is 0 Å². The van der Waals surface area contributed by atoms with E-state index in [9.17, 15) is 13.2 Å². The summed E-state index contributed by atoms with van der Waals surface area (Å²) in [6.07, 6.45) is -0.0562. The summed E-state index contributed by atoms with van der Waals surface area (Å²) in [5.74, 6) is -1.24. The summed E-state index contributed by atoms with van der Waals surface area (Å²) in [7, 11) is -2.50. The number of nitrogens with zero attached hydrogens (tertiary/aromatic N) is 1. The van der Waals surface area contributed by atoms with Gasteiger partial charge in [0.1, 0.15) is 10.6 Å². The van der Waals surface area contributed by atoms with Gasteiger partial charge in [-0.25, -0.2) is 17.9 Å². The average Bonchev–Trinajstić information content (AvgIpc) is 2.69. The Hall–Kier alpha value is -1.42. The van der Waals surface area contributed by atoms with E-state index in [0.29, 0.717) is 0 Å². The number of hydrogen-bond donors (Lipinski definition) is 4. The Labute approximate surface area is 104 Å². The van der Waals surface area contributed by atoms with Gasteiger partial charge in [-0.1, -0.05) is 0 Å². The highest BCUT2D eigenvalue weighted by atomic mass is 32.2. The fourth-order valence-corrected chi connectivity index (χ4v) is 2.39. The summed E-state index contributed by atoms with van der Waals surface area (Å²) in [4.78, 5) is 10.6. The van der Waals surface area contributed by atoms with Gasteiger partial charge >= 0.3 is 5.97 Å². The second-order valence-corrected chi connectivity index (χ2v) is 5.43. The monoisotopic (exact) mass is 278 g/mol. The maximum atomic E-state index is 11.7. The van der Waals surface area contributed by atoms with E-state index in [2.05, 4.69) is 4.72 Å². The minimum Gasteiger partial charge on any atom is -0.477 e. The molecule has 1 aromatic heterocycles.